The van der Waals surface area contributed by atoms with Crippen LogP contribution in [0.4, 0.5) is 0 Å². The average Bonchev–Trinajstić information content (AvgIpc) is 2.68. The molecule has 0 amide bonds. The van der Waals surface area contributed by atoms with E-state index >= 15 is 0 Å². The van der Waals surface area contributed by atoms with Crippen molar-refractivity contribution in [3.63, 3.8) is 0 Å². The van der Waals surface area contributed by atoms with Gasteiger partial charge in [0.25, 0.3) is 0 Å². The van der Waals surface area contributed by atoms with E-state index < -0.39 is 10.0 Å². The summed E-state index contributed by atoms with van der Waals surface area (Å²) in [4.78, 5) is 0. The standard InChI is InChI=1S/C9H15NO3S2/c11-4-1-2-6-15(12,13)10-7-9-3-5-14-8-9/h3,5,8,10-11H,1-2,4,6-7H2. The van der Waals surface area contributed by atoms with Crippen LogP contribution in [0, 0.1) is 0 Å². The van der Waals surface area contributed by atoms with Crippen LogP contribution in [-0.4, -0.2) is 25.9 Å². The van der Waals surface area contributed by atoms with Crippen LogP contribution in [0.2, 0.25) is 0 Å². The first-order valence-electron chi connectivity index (χ1n) is 4.73. The molecule has 0 saturated heterocycles. The van der Waals surface area contributed by atoms with Gasteiger partial charge in [-0.05, 0) is 35.2 Å². The fraction of sp³-hybridized carbons (Fsp3) is 0.556. The molecule has 1 aromatic heterocycles. The van der Waals surface area contributed by atoms with Gasteiger partial charge in [0.05, 0.1) is 5.75 Å². The zero-order valence-electron chi connectivity index (χ0n) is 8.35. The Morgan fingerprint density at radius 2 is 2.20 bits per heavy atom. The summed E-state index contributed by atoms with van der Waals surface area (Å²) in [6.07, 6.45) is 1.02. The Kier molecular flexibility index (Phi) is 5.24. The number of aliphatic hydroxyl groups excluding tert-OH is 1. The highest BCUT2D eigenvalue weighted by Gasteiger charge is 2.08. The first-order chi connectivity index (χ1) is 7.14. The maximum absolute atomic E-state index is 11.4. The average molecular weight is 249 g/mol. The lowest BCUT2D eigenvalue weighted by molar-refractivity contribution is 0.287. The van der Waals surface area contributed by atoms with Crippen molar-refractivity contribution in [2.75, 3.05) is 12.4 Å². The second kappa shape index (κ2) is 6.22. The van der Waals surface area contributed by atoms with E-state index in [1.54, 1.807) is 11.3 Å². The van der Waals surface area contributed by atoms with E-state index in [-0.39, 0.29) is 12.4 Å². The SMILES string of the molecule is O=S(=O)(CCCCO)NCc1ccsc1. The molecule has 0 bridgehead atoms. The summed E-state index contributed by atoms with van der Waals surface area (Å²) < 4.78 is 25.3. The molecule has 4 nitrogen and oxygen atoms in total. The Hall–Kier alpha value is -0.430. The number of sulfonamides is 1. The van der Waals surface area contributed by atoms with Crippen molar-refractivity contribution in [2.24, 2.45) is 0 Å². The normalized spacial score (nSPS) is 11.8. The Morgan fingerprint density at radius 3 is 2.80 bits per heavy atom. The molecule has 1 heterocycles. The summed E-state index contributed by atoms with van der Waals surface area (Å²) in [7, 11) is -3.19. The number of nitrogens with one attached hydrogen (secondary N) is 1. The number of thiophene rings is 1. The highest BCUT2D eigenvalue weighted by Crippen LogP contribution is 2.06. The van der Waals surface area contributed by atoms with Crippen LogP contribution < -0.4 is 4.72 Å². The number of unbranched alkanes of at least 4 members (excludes halogenated alkanes) is 1. The van der Waals surface area contributed by atoms with Crippen molar-refractivity contribution >= 4 is 21.4 Å². The summed E-state index contributed by atoms with van der Waals surface area (Å²) >= 11 is 1.54. The van der Waals surface area contributed by atoms with Crippen molar-refractivity contribution in [1.82, 2.24) is 4.72 Å². The Morgan fingerprint density at radius 1 is 1.40 bits per heavy atom. The minimum absolute atomic E-state index is 0.0417. The minimum atomic E-state index is -3.19. The van der Waals surface area contributed by atoms with Gasteiger partial charge < -0.3 is 5.11 Å². The Labute approximate surface area is 94.0 Å². The molecule has 0 aromatic carbocycles. The van der Waals surface area contributed by atoms with E-state index in [9.17, 15) is 8.42 Å². The summed E-state index contributed by atoms with van der Waals surface area (Å²) in [5.41, 5.74) is 0.978. The van der Waals surface area contributed by atoms with Gasteiger partial charge in [-0.15, -0.1) is 0 Å². The molecule has 1 aromatic rings. The lowest BCUT2D eigenvalue weighted by Gasteiger charge is -2.04. The van der Waals surface area contributed by atoms with Gasteiger partial charge in [0, 0.05) is 13.2 Å². The van der Waals surface area contributed by atoms with Gasteiger partial charge >= 0.3 is 0 Å². The first-order valence-corrected chi connectivity index (χ1v) is 7.33. The van der Waals surface area contributed by atoms with Crippen molar-refractivity contribution in [2.45, 2.75) is 19.4 Å². The number of rotatable bonds is 7. The lowest BCUT2D eigenvalue weighted by Crippen LogP contribution is -2.25. The van der Waals surface area contributed by atoms with Gasteiger partial charge in [-0.25, -0.2) is 13.1 Å². The maximum Gasteiger partial charge on any atom is 0.211 e. The van der Waals surface area contributed by atoms with E-state index in [0.717, 1.165) is 5.56 Å². The van der Waals surface area contributed by atoms with Crippen molar-refractivity contribution in [1.29, 1.82) is 0 Å². The molecule has 86 valence electrons. The quantitative estimate of drug-likeness (QED) is 0.707. The van der Waals surface area contributed by atoms with Crippen LogP contribution >= 0.6 is 11.3 Å². The van der Waals surface area contributed by atoms with E-state index in [1.807, 2.05) is 16.8 Å². The van der Waals surface area contributed by atoms with Crippen LogP contribution in [-0.2, 0) is 16.6 Å². The minimum Gasteiger partial charge on any atom is -0.396 e. The van der Waals surface area contributed by atoms with E-state index in [2.05, 4.69) is 4.72 Å². The van der Waals surface area contributed by atoms with E-state index in [1.165, 1.54) is 0 Å². The molecule has 0 spiro atoms. The zero-order chi connectivity index (χ0) is 11.1. The van der Waals surface area contributed by atoms with Gasteiger partial charge in [0.2, 0.25) is 10.0 Å². The molecule has 0 unspecified atom stereocenters. The Bertz CT molecular complexity index is 359. The molecule has 0 radical (unpaired) electrons. The molecule has 6 heteroatoms. The van der Waals surface area contributed by atoms with Gasteiger partial charge in [-0.1, -0.05) is 0 Å². The second-order valence-electron chi connectivity index (χ2n) is 3.20. The van der Waals surface area contributed by atoms with Gasteiger partial charge in [0.1, 0.15) is 0 Å². The van der Waals surface area contributed by atoms with E-state index in [0.29, 0.717) is 19.4 Å². The van der Waals surface area contributed by atoms with E-state index in [4.69, 9.17) is 5.11 Å². The number of aliphatic hydroxyl groups is 1. The van der Waals surface area contributed by atoms with Crippen LogP contribution in [0.3, 0.4) is 0 Å². The zero-order valence-corrected chi connectivity index (χ0v) is 9.98. The molecule has 15 heavy (non-hydrogen) atoms. The monoisotopic (exact) mass is 249 g/mol. The van der Waals surface area contributed by atoms with Crippen molar-refractivity contribution in [3.05, 3.63) is 22.4 Å². The smallest absolute Gasteiger partial charge is 0.211 e. The summed E-state index contributed by atoms with van der Waals surface area (Å²) in [6, 6.07) is 1.89. The van der Waals surface area contributed by atoms with Crippen molar-refractivity contribution < 1.29 is 13.5 Å². The predicted octanol–water partition coefficient (Wildman–Crippen LogP) is 0.940. The molecule has 0 atom stereocenters. The third-order valence-corrected chi connectivity index (χ3v) is 4.04. The van der Waals surface area contributed by atoms with Crippen LogP contribution in [0.25, 0.3) is 0 Å². The molecule has 0 aliphatic heterocycles. The molecule has 1 rings (SSSR count). The predicted molar refractivity (Wildman–Crippen MR) is 61.3 cm³/mol. The van der Waals surface area contributed by atoms with Crippen LogP contribution in [0.15, 0.2) is 16.8 Å². The number of hydrogen-bond donors (Lipinski definition) is 2. The molecule has 0 saturated carbocycles. The van der Waals surface area contributed by atoms with Crippen LogP contribution in [0.1, 0.15) is 18.4 Å². The molecule has 0 fully saturated rings. The highest BCUT2D eigenvalue weighted by atomic mass is 32.2. The third-order valence-electron chi connectivity index (χ3n) is 1.90. The van der Waals surface area contributed by atoms with Crippen LogP contribution in [0.5, 0.6) is 0 Å². The molecule has 0 aliphatic carbocycles. The first kappa shape index (κ1) is 12.6. The maximum atomic E-state index is 11.4. The summed E-state index contributed by atoms with van der Waals surface area (Å²) in [5, 5.41) is 12.4. The Balaban J connectivity index is 2.30. The fourth-order valence-electron chi connectivity index (χ4n) is 1.06. The largest absolute Gasteiger partial charge is 0.396 e. The van der Waals surface area contributed by atoms with Gasteiger partial charge in [0.15, 0.2) is 0 Å². The highest BCUT2D eigenvalue weighted by molar-refractivity contribution is 7.89. The fourth-order valence-corrected chi connectivity index (χ4v) is 2.85. The molecule has 0 aliphatic rings. The van der Waals surface area contributed by atoms with Crippen molar-refractivity contribution in [3.8, 4) is 0 Å². The topological polar surface area (TPSA) is 66.4 Å². The summed E-state index contributed by atoms with van der Waals surface area (Å²) in [5.74, 6) is 0.0810. The number of hydrogen-bond acceptors (Lipinski definition) is 4. The molecular weight excluding hydrogens is 234 g/mol. The third kappa shape index (κ3) is 5.27. The van der Waals surface area contributed by atoms with Gasteiger partial charge in [-0.3, -0.25) is 0 Å². The van der Waals surface area contributed by atoms with Gasteiger partial charge in [-0.2, -0.15) is 11.3 Å². The molecule has 2 N–H and O–H groups in total. The molecular formula is C9H15NO3S2. The second-order valence-corrected chi connectivity index (χ2v) is 5.91. The lowest BCUT2D eigenvalue weighted by atomic mass is 10.4. The summed E-state index contributed by atoms with van der Waals surface area (Å²) in [6.45, 7) is 0.394.